The van der Waals surface area contributed by atoms with Crippen LogP contribution in [0.15, 0.2) is 42.7 Å². The van der Waals surface area contributed by atoms with Crippen LogP contribution in [0.3, 0.4) is 0 Å². The van der Waals surface area contributed by atoms with E-state index in [1.165, 1.54) is 5.56 Å². The molecule has 4 nitrogen and oxygen atoms in total. The summed E-state index contributed by atoms with van der Waals surface area (Å²) in [6, 6.07) is 10.0. The number of aryl methyl sites for hydroxylation is 3. The lowest BCUT2D eigenvalue weighted by Crippen LogP contribution is -2.36. The first-order valence-electron chi connectivity index (χ1n) is 8.50. The molecule has 0 aliphatic rings. The number of carbonyl (C=O) groups excluding carboxylic acids is 1. The van der Waals surface area contributed by atoms with Gasteiger partial charge in [-0.05, 0) is 56.4 Å². The number of amides is 1. The number of rotatable bonds is 7. The Labute approximate surface area is 144 Å². The molecule has 1 atom stereocenters. The minimum atomic E-state index is -0.136. The van der Waals surface area contributed by atoms with Crippen LogP contribution in [-0.2, 0) is 11.2 Å². The summed E-state index contributed by atoms with van der Waals surface area (Å²) < 4.78 is 0. The standard InChI is InChI=1S/C20H27N3O/c1-15-7-4-8-16(2)20(15)23(19(24)13-17(3)21)12-6-10-18-9-5-11-22-14-18/h4-5,7-9,11,14,17H,6,10,12-13,21H2,1-3H3. The van der Waals surface area contributed by atoms with Gasteiger partial charge >= 0.3 is 0 Å². The third kappa shape index (κ3) is 4.90. The van der Waals surface area contributed by atoms with Gasteiger partial charge in [0.2, 0.25) is 5.91 Å². The van der Waals surface area contributed by atoms with E-state index in [1.54, 1.807) is 6.20 Å². The van der Waals surface area contributed by atoms with Crippen LogP contribution in [0.5, 0.6) is 0 Å². The van der Waals surface area contributed by atoms with E-state index >= 15 is 0 Å². The van der Waals surface area contributed by atoms with E-state index in [4.69, 9.17) is 5.73 Å². The number of aromatic nitrogens is 1. The first-order chi connectivity index (χ1) is 11.5. The fraction of sp³-hybridized carbons (Fsp3) is 0.400. The first kappa shape index (κ1) is 18.1. The van der Waals surface area contributed by atoms with Crippen LogP contribution in [0.25, 0.3) is 0 Å². The molecule has 2 rings (SSSR count). The molecule has 1 amide bonds. The summed E-state index contributed by atoms with van der Waals surface area (Å²) in [6.45, 7) is 6.66. The Balaban J connectivity index is 2.15. The van der Waals surface area contributed by atoms with Gasteiger partial charge in [-0.2, -0.15) is 0 Å². The van der Waals surface area contributed by atoms with Crippen LogP contribution in [0, 0.1) is 13.8 Å². The average molecular weight is 325 g/mol. The van der Waals surface area contributed by atoms with Crippen molar-refractivity contribution in [3.05, 3.63) is 59.4 Å². The molecule has 0 saturated carbocycles. The Morgan fingerprint density at radius 1 is 1.21 bits per heavy atom. The summed E-state index contributed by atoms with van der Waals surface area (Å²) in [5, 5.41) is 0. The molecule has 2 N–H and O–H groups in total. The van der Waals surface area contributed by atoms with Crippen molar-refractivity contribution in [3.63, 3.8) is 0 Å². The highest BCUT2D eigenvalue weighted by Crippen LogP contribution is 2.26. The Bertz CT molecular complexity index is 648. The molecule has 0 radical (unpaired) electrons. The van der Waals surface area contributed by atoms with Crippen LogP contribution in [0.1, 0.15) is 36.5 Å². The summed E-state index contributed by atoms with van der Waals surface area (Å²) >= 11 is 0. The zero-order chi connectivity index (χ0) is 17.5. The van der Waals surface area contributed by atoms with Gasteiger partial charge in [0.1, 0.15) is 0 Å². The molecular formula is C20H27N3O. The fourth-order valence-corrected chi connectivity index (χ4v) is 2.97. The number of anilines is 1. The van der Waals surface area contributed by atoms with E-state index in [1.807, 2.05) is 30.2 Å². The van der Waals surface area contributed by atoms with Gasteiger partial charge in [0.15, 0.2) is 0 Å². The van der Waals surface area contributed by atoms with Crippen LogP contribution < -0.4 is 10.6 Å². The predicted octanol–water partition coefficient (Wildman–Crippen LogP) is 3.40. The minimum Gasteiger partial charge on any atom is -0.327 e. The molecule has 1 aromatic carbocycles. The van der Waals surface area contributed by atoms with Crippen LogP contribution >= 0.6 is 0 Å². The summed E-state index contributed by atoms with van der Waals surface area (Å²) in [4.78, 5) is 18.8. The van der Waals surface area contributed by atoms with Gasteiger partial charge in [-0.25, -0.2) is 0 Å². The van der Waals surface area contributed by atoms with Gasteiger partial charge in [-0.15, -0.1) is 0 Å². The highest BCUT2D eigenvalue weighted by Gasteiger charge is 2.20. The molecule has 0 fully saturated rings. The van der Waals surface area contributed by atoms with Crippen LogP contribution in [-0.4, -0.2) is 23.5 Å². The van der Waals surface area contributed by atoms with Gasteiger partial charge in [0.05, 0.1) is 0 Å². The number of carbonyl (C=O) groups is 1. The van der Waals surface area contributed by atoms with Crippen molar-refractivity contribution in [1.82, 2.24) is 4.98 Å². The fourth-order valence-electron chi connectivity index (χ4n) is 2.97. The van der Waals surface area contributed by atoms with Crippen LogP contribution in [0.4, 0.5) is 5.69 Å². The number of pyridine rings is 1. The molecule has 128 valence electrons. The Morgan fingerprint density at radius 2 is 1.92 bits per heavy atom. The smallest absolute Gasteiger partial charge is 0.228 e. The quantitative estimate of drug-likeness (QED) is 0.849. The molecule has 2 aromatic rings. The van der Waals surface area contributed by atoms with Gasteiger partial charge in [0.25, 0.3) is 0 Å². The van der Waals surface area contributed by atoms with E-state index in [2.05, 4.69) is 37.0 Å². The lowest BCUT2D eigenvalue weighted by atomic mass is 10.1. The molecule has 1 unspecified atom stereocenters. The Hall–Kier alpha value is -2.20. The number of nitrogens with zero attached hydrogens (tertiary/aromatic N) is 2. The van der Waals surface area contributed by atoms with Crippen molar-refractivity contribution in [1.29, 1.82) is 0 Å². The van der Waals surface area contributed by atoms with Crippen molar-refractivity contribution >= 4 is 11.6 Å². The second kappa shape index (κ2) is 8.60. The number of benzene rings is 1. The highest BCUT2D eigenvalue weighted by molar-refractivity contribution is 5.95. The van der Waals surface area contributed by atoms with E-state index in [9.17, 15) is 4.79 Å². The van der Waals surface area contributed by atoms with E-state index in [-0.39, 0.29) is 11.9 Å². The van der Waals surface area contributed by atoms with Crippen molar-refractivity contribution < 1.29 is 4.79 Å². The largest absolute Gasteiger partial charge is 0.327 e. The van der Waals surface area contributed by atoms with Crippen molar-refractivity contribution in [3.8, 4) is 0 Å². The van der Waals surface area contributed by atoms with Crippen molar-refractivity contribution in [2.24, 2.45) is 5.73 Å². The zero-order valence-electron chi connectivity index (χ0n) is 14.8. The molecule has 0 bridgehead atoms. The third-order valence-electron chi connectivity index (χ3n) is 4.08. The maximum Gasteiger partial charge on any atom is 0.228 e. The van der Waals surface area contributed by atoms with Gasteiger partial charge < -0.3 is 10.6 Å². The number of hydrogen-bond donors (Lipinski definition) is 1. The predicted molar refractivity (Wildman–Crippen MR) is 99.1 cm³/mol. The van der Waals surface area contributed by atoms with Gasteiger partial charge in [-0.3, -0.25) is 9.78 Å². The van der Waals surface area contributed by atoms with Crippen molar-refractivity contribution in [2.45, 2.75) is 46.1 Å². The number of hydrogen-bond acceptors (Lipinski definition) is 3. The first-order valence-corrected chi connectivity index (χ1v) is 8.50. The summed E-state index contributed by atoms with van der Waals surface area (Å²) in [5.74, 6) is 0.0913. The molecular weight excluding hydrogens is 298 g/mol. The topological polar surface area (TPSA) is 59.2 Å². The molecule has 0 aliphatic carbocycles. The Kier molecular flexibility index (Phi) is 6.50. The monoisotopic (exact) mass is 325 g/mol. The average Bonchev–Trinajstić information content (AvgIpc) is 2.53. The highest BCUT2D eigenvalue weighted by atomic mass is 16.2. The lowest BCUT2D eigenvalue weighted by Gasteiger charge is -2.27. The number of nitrogens with two attached hydrogens (primary N) is 1. The van der Waals surface area contributed by atoms with Crippen molar-refractivity contribution in [2.75, 3.05) is 11.4 Å². The Morgan fingerprint density at radius 3 is 2.50 bits per heavy atom. The molecule has 1 aromatic heterocycles. The summed E-state index contributed by atoms with van der Waals surface area (Å²) in [5.41, 5.74) is 10.3. The molecule has 4 heteroatoms. The minimum absolute atomic E-state index is 0.0913. The maximum atomic E-state index is 12.7. The second-order valence-electron chi connectivity index (χ2n) is 6.43. The van der Waals surface area contributed by atoms with E-state index in [0.717, 1.165) is 29.7 Å². The van der Waals surface area contributed by atoms with E-state index in [0.29, 0.717) is 13.0 Å². The molecule has 24 heavy (non-hydrogen) atoms. The number of para-hydroxylation sites is 1. The molecule has 0 spiro atoms. The van der Waals surface area contributed by atoms with E-state index < -0.39 is 0 Å². The lowest BCUT2D eigenvalue weighted by molar-refractivity contribution is -0.118. The SMILES string of the molecule is Cc1cccc(C)c1N(CCCc1cccnc1)C(=O)CC(C)N. The zero-order valence-corrected chi connectivity index (χ0v) is 14.8. The van der Waals surface area contributed by atoms with Crippen LogP contribution in [0.2, 0.25) is 0 Å². The molecule has 0 aliphatic heterocycles. The maximum absolute atomic E-state index is 12.7. The third-order valence-corrected chi connectivity index (χ3v) is 4.08. The molecule has 0 saturated heterocycles. The van der Waals surface area contributed by atoms with Gasteiger partial charge in [0, 0.05) is 37.1 Å². The summed E-state index contributed by atoms with van der Waals surface area (Å²) in [7, 11) is 0. The summed E-state index contributed by atoms with van der Waals surface area (Å²) in [6.07, 6.45) is 5.82. The second-order valence-corrected chi connectivity index (χ2v) is 6.43. The normalized spacial score (nSPS) is 12.0. The molecule has 1 heterocycles. The van der Waals surface area contributed by atoms with Gasteiger partial charge in [-0.1, -0.05) is 24.3 Å².